The summed E-state index contributed by atoms with van der Waals surface area (Å²) < 4.78 is 22.9. The third-order valence-electron chi connectivity index (χ3n) is 2.15. The van der Waals surface area contributed by atoms with E-state index in [2.05, 4.69) is 4.74 Å². The van der Waals surface area contributed by atoms with Crippen LogP contribution in [0.1, 0.15) is 30.6 Å². The fourth-order valence-corrected chi connectivity index (χ4v) is 1.44. The van der Waals surface area contributed by atoms with E-state index in [0.29, 0.717) is 6.61 Å². The van der Waals surface area contributed by atoms with Crippen molar-refractivity contribution >= 4 is 11.8 Å². The van der Waals surface area contributed by atoms with Gasteiger partial charge in [0.2, 0.25) is 0 Å². The molecule has 0 bridgehead atoms. The minimum absolute atomic E-state index is 0.145. The summed E-state index contributed by atoms with van der Waals surface area (Å²) >= 11 is 0. The van der Waals surface area contributed by atoms with Crippen LogP contribution in [-0.4, -0.2) is 25.0 Å². The van der Waals surface area contributed by atoms with Gasteiger partial charge in [-0.25, -0.2) is 4.39 Å². The van der Waals surface area contributed by atoms with Crippen LogP contribution < -0.4 is 4.74 Å². The Morgan fingerprint density at radius 1 is 1.22 bits per heavy atom. The molecule has 4 nitrogen and oxygen atoms in total. The highest BCUT2D eigenvalue weighted by atomic mass is 19.1. The van der Waals surface area contributed by atoms with Crippen molar-refractivity contribution in [3.8, 4) is 5.75 Å². The minimum Gasteiger partial charge on any atom is -0.493 e. The van der Waals surface area contributed by atoms with Gasteiger partial charge in [0.15, 0.2) is 5.78 Å². The van der Waals surface area contributed by atoms with E-state index in [-0.39, 0.29) is 24.3 Å². The van der Waals surface area contributed by atoms with Crippen LogP contribution in [-0.2, 0) is 9.53 Å². The number of carbonyl (C=O) groups is 2. The van der Waals surface area contributed by atoms with Gasteiger partial charge in [-0.15, -0.1) is 0 Å². The van der Waals surface area contributed by atoms with E-state index < -0.39 is 17.6 Å². The molecule has 0 heterocycles. The zero-order chi connectivity index (χ0) is 13.5. The maximum Gasteiger partial charge on any atom is 0.313 e. The molecule has 1 rings (SSSR count). The normalized spacial score (nSPS) is 9.94. The van der Waals surface area contributed by atoms with Gasteiger partial charge in [0.1, 0.15) is 18.0 Å². The fourth-order valence-electron chi connectivity index (χ4n) is 1.44. The van der Waals surface area contributed by atoms with Gasteiger partial charge in [-0.05, 0) is 26.0 Å². The van der Waals surface area contributed by atoms with Gasteiger partial charge in [0, 0.05) is 6.07 Å². The van der Waals surface area contributed by atoms with Crippen molar-refractivity contribution in [1.82, 2.24) is 0 Å². The van der Waals surface area contributed by atoms with Gasteiger partial charge < -0.3 is 9.47 Å². The molecule has 1 aromatic carbocycles. The Morgan fingerprint density at radius 2 is 1.94 bits per heavy atom. The summed E-state index contributed by atoms with van der Waals surface area (Å²) in [5.41, 5.74) is 0.186. The van der Waals surface area contributed by atoms with E-state index >= 15 is 0 Å². The van der Waals surface area contributed by atoms with Crippen molar-refractivity contribution in [3.63, 3.8) is 0 Å². The second kappa shape index (κ2) is 6.74. The van der Waals surface area contributed by atoms with Crippen molar-refractivity contribution in [1.29, 1.82) is 0 Å². The molecule has 98 valence electrons. The van der Waals surface area contributed by atoms with Crippen molar-refractivity contribution in [3.05, 3.63) is 29.6 Å². The molecule has 0 radical (unpaired) electrons. The summed E-state index contributed by atoms with van der Waals surface area (Å²) in [5.74, 6) is -1.40. The molecule has 0 aliphatic carbocycles. The van der Waals surface area contributed by atoms with Gasteiger partial charge in [0.25, 0.3) is 0 Å². The standard InChI is InChI=1S/C13H15FO4/c1-3-17-12-7-9(14)5-6-10(12)11(15)8-13(16)18-4-2/h5-7H,3-4,8H2,1-2H3. The molecule has 0 unspecified atom stereocenters. The highest BCUT2D eigenvalue weighted by Crippen LogP contribution is 2.21. The summed E-state index contributed by atoms with van der Waals surface area (Å²) in [6.07, 6.45) is -0.375. The van der Waals surface area contributed by atoms with Crippen LogP contribution in [0.15, 0.2) is 18.2 Å². The first kappa shape index (κ1) is 14.2. The van der Waals surface area contributed by atoms with Crippen LogP contribution in [0.25, 0.3) is 0 Å². The third kappa shape index (κ3) is 3.84. The lowest BCUT2D eigenvalue weighted by atomic mass is 10.1. The minimum atomic E-state index is -0.603. The predicted molar refractivity (Wildman–Crippen MR) is 63.1 cm³/mol. The van der Waals surface area contributed by atoms with Gasteiger partial charge in [-0.1, -0.05) is 0 Å². The number of ketones is 1. The van der Waals surface area contributed by atoms with Crippen LogP contribution in [0.2, 0.25) is 0 Å². The second-order valence-electron chi connectivity index (χ2n) is 3.48. The molecular formula is C13H15FO4. The quantitative estimate of drug-likeness (QED) is 0.444. The summed E-state index contributed by atoms with van der Waals surface area (Å²) in [4.78, 5) is 23.0. The number of Topliss-reactive ketones (excluding diaryl/α,β-unsaturated/α-hetero) is 1. The van der Waals surface area contributed by atoms with Crippen molar-refractivity contribution in [2.45, 2.75) is 20.3 Å². The molecule has 1 aromatic rings. The van der Waals surface area contributed by atoms with Gasteiger partial charge in [-0.3, -0.25) is 9.59 Å². The molecule has 18 heavy (non-hydrogen) atoms. The molecule has 5 heteroatoms. The van der Waals surface area contributed by atoms with E-state index in [4.69, 9.17) is 4.74 Å². The molecule has 0 N–H and O–H groups in total. The van der Waals surface area contributed by atoms with Crippen molar-refractivity contribution in [2.75, 3.05) is 13.2 Å². The van der Waals surface area contributed by atoms with Gasteiger partial charge in [0.05, 0.1) is 18.8 Å². The Balaban J connectivity index is 2.87. The smallest absolute Gasteiger partial charge is 0.313 e. The first-order chi connectivity index (χ1) is 8.58. The van der Waals surface area contributed by atoms with Gasteiger partial charge >= 0.3 is 5.97 Å². The lowest BCUT2D eigenvalue weighted by molar-refractivity contribution is -0.141. The number of hydrogen-bond acceptors (Lipinski definition) is 4. The number of ether oxygens (including phenoxy) is 2. The Hall–Kier alpha value is -1.91. The van der Waals surface area contributed by atoms with Crippen LogP contribution in [0.3, 0.4) is 0 Å². The molecule has 0 spiro atoms. The number of halogens is 1. The van der Waals surface area contributed by atoms with Gasteiger partial charge in [-0.2, -0.15) is 0 Å². The average molecular weight is 254 g/mol. The molecule has 0 aromatic heterocycles. The number of hydrogen-bond donors (Lipinski definition) is 0. The number of carbonyl (C=O) groups excluding carboxylic acids is 2. The molecule has 0 atom stereocenters. The number of benzene rings is 1. The topological polar surface area (TPSA) is 52.6 Å². The molecule has 0 saturated carbocycles. The van der Waals surface area contributed by atoms with E-state index in [9.17, 15) is 14.0 Å². The Labute approximate surface area is 105 Å². The number of esters is 1. The lowest BCUT2D eigenvalue weighted by Gasteiger charge is -2.09. The van der Waals surface area contributed by atoms with E-state index in [1.807, 2.05) is 0 Å². The maximum absolute atomic E-state index is 13.0. The van der Waals surface area contributed by atoms with Crippen molar-refractivity contribution in [2.24, 2.45) is 0 Å². The molecule has 0 aliphatic rings. The zero-order valence-corrected chi connectivity index (χ0v) is 10.4. The Kier molecular flexibility index (Phi) is 5.30. The Morgan fingerprint density at radius 3 is 2.56 bits per heavy atom. The third-order valence-corrected chi connectivity index (χ3v) is 2.15. The second-order valence-corrected chi connectivity index (χ2v) is 3.48. The maximum atomic E-state index is 13.0. The van der Waals surface area contributed by atoms with Crippen LogP contribution in [0, 0.1) is 5.82 Å². The van der Waals surface area contributed by atoms with Crippen LogP contribution in [0.5, 0.6) is 5.75 Å². The van der Waals surface area contributed by atoms with E-state index in [1.54, 1.807) is 13.8 Å². The summed E-state index contributed by atoms with van der Waals surface area (Å²) in [5, 5.41) is 0. The summed E-state index contributed by atoms with van der Waals surface area (Å²) in [6.45, 7) is 3.91. The fraction of sp³-hybridized carbons (Fsp3) is 0.385. The molecule has 0 aliphatic heterocycles. The molecule has 0 saturated heterocycles. The lowest BCUT2D eigenvalue weighted by Crippen LogP contribution is -2.12. The number of rotatable bonds is 6. The molecule has 0 amide bonds. The largest absolute Gasteiger partial charge is 0.493 e. The monoisotopic (exact) mass is 254 g/mol. The SMILES string of the molecule is CCOC(=O)CC(=O)c1ccc(F)cc1OCC. The van der Waals surface area contributed by atoms with Crippen molar-refractivity contribution < 1.29 is 23.5 Å². The van der Waals surface area contributed by atoms with E-state index in [1.165, 1.54) is 6.07 Å². The first-order valence-electron chi connectivity index (χ1n) is 5.69. The molecule has 0 fully saturated rings. The highest BCUT2D eigenvalue weighted by Gasteiger charge is 2.17. The summed E-state index contributed by atoms with van der Waals surface area (Å²) in [6, 6.07) is 3.59. The average Bonchev–Trinajstić information content (AvgIpc) is 2.29. The van der Waals surface area contributed by atoms with Crippen LogP contribution in [0.4, 0.5) is 4.39 Å². The zero-order valence-electron chi connectivity index (χ0n) is 10.4. The van der Waals surface area contributed by atoms with E-state index in [0.717, 1.165) is 12.1 Å². The Bertz CT molecular complexity index is 443. The first-order valence-corrected chi connectivity index (χ1v) is 5.69. The predicted octanol–water partition coefficient (Wildman–Crippen LogP) is 2.36. The van der Waals surface area contributed by atoms with Crippen LogP contribution >= 0.6 is 0 Å². The molecular weight excluding hydrogens is 239 g/mol. The highest BCUT2D eigenvalue weighted by molar-refractivity contribution is 6.07. The summed E-state index contributed by atoms with van der Waals surface area (Å²) in [7, 11) is 0.